The highest BCUT2D eigenvalue weighted by Crippen LogP contribution is 2.28. The van der Waals surface area contributed by atoms with Gasteiger partial charge in [-0.1, -0.05) is 12.1 Å². The first kappa shape index (κ1) is 11.9. The predicted octanol–water partition coefficient (Wildman–Crippen LogP) is 1.57. The number of ether oxygens (including phenoxy) is 1. The van der Waals surface area contributed by atoms with Gasteiger partial charge in [-0.15, -0.1) is 0 Å². The number of likely N-dealkylation sites (tertiary alicyclic amines) is 1. The first-order valence-corrected chi connectivity index (χ1v) is 7.04. The van der Waals surface area contributed by atoms with Crippen molar-refractivity contribution < 1.29 is 4.74 Å². The second-order valence-corrected chi connectivity index (χ2v) is 5.50. The number of hydrogen-bond donors (Lipinski definition) is 1. The van der Waals surface area contributed by atoms with Crippen LogP contribution in [0.5, 0.6) is 5.88 Å². The summed E-state index contributed by atoms with van der Waals surface area (Å²) >= 11 is 1.49. The van der Waals surface area contributed by atoms with E-state index in [1.54, 1.807) is 0 Å². The topological polar surface area (TPSA) is 51.4 Å². The molecular formula is C13H17N3OS. The quantitative estimate of drug-likeness (QED) is 0.889. The van der Waals surface area contributed by atoms with Crippen LogP contribution >= 0.6 is 11.5 Å². The average molecular weight is 263 g/mol. The van der Waals surface area contributed by atoms with Gasteiger partial charge >= 0.3 is 0 Å². The fourth-order valence-electron chi connectivity index (χ4n) is 2.25. The smallest absolute Gasteiger partial charge is 0.233 e. The van der Waals surface area contributed by atoms with Crippen molar-refractivity contribution in [3.63, 3.8) is 0 Å². The maximum Gasteiger partial charge on any atom is 0.233 e. The van der Waals surface area contributed by atoms with E-state index >= 15 is 0 Å². The van der Waals surface area contributed by atoms with Crippen molar-refractivity contribution in [3.05, 3.63) is 24.3 Å². The van der Waals surface area contributed by atoms with Crippen LogP contribution in [0.3, 0.4) is 0 Å². The lowest BCUT2D eigenvalue weighted by molar-refractivity contribution is 0.0871. The molecule has 0 atom stereocenters. The zero-order valence-corrected chi connectivity index (χ0v) is 11.0. The van der Waals surface area contributed by atoms with E-state index in [-0.39, 0.29) is 0 Å². The maximum absolute atomic E-state index is 5.76. The molecule has 1 aromatic heterocycles. The third kappa shape index (κ3) is 2.34. The van der Waals surface area contributed by atoms with Crippen LogP contribution in [0.1, 0.15) is 0 Å². The normalized spacial score (nSPS) is 16.9. The van der Waals surface area contributed by atoms with Gasteiger partial charge in [0.1, 0.15) is 6.61 Å². The van der Waals surface area contributed by atoms with Crippen LogP contribution in [0.15, 0.2) is 24.3 Å². The highest BCUT2D eigenvalue weighted by Gasteiger charge is 2.24. The van der Waals surface area contributed by atoms with E-state index in [0.717, 1.165) is 37.4 Å². The minimum absolute atomic E-state index is 0.685. The average Bonchev–Trinajstić information content (AvgIpc) is 2.76. The molecule has 4 nitrogen and oxygen atoms in total. The van der Waals surface area contributed by atoms with Crippen LogP contribution in [0.25, 0.3) is 10.1 Å². The molecule has 0 unspecified atom stereocenters. The van der Waals surface area contributed by atoms with Crippen molar-refractivity contribution in [2.75, 3.05) is 32.8 Å². The standard InChI is InChI=1S/C13H17N3OS/c14-7-10-8-16(9-10)5-6-17-13-11-3-1-2-4-12(11)18-15-13/h1-4,10H,5-9,14H2. The maximum atomic E-state index is 5.76. The van der Waals surface area contributed by atoms with Crippen LogP contribution in [0, 0.1) is 5.92 Å². The van der Waals surface area contributed by atoms with Gasteiger partial charge in [0.2, 0.25) is 5.88 Å². The van der Waals surface area contributed by atoms with Gasteiger partial charge in [-0.3, -0.25) is 4.90 Å². The van der Waals surface area contributed by atoms with Crippen LogP contribution in [-0.4, -0.2) is 42.1 Å². The Morgan fingerprint density at radius 3 is 3.06 bits per heavy atom. The molecule has 2 heterocycles. The zero-order chi connectivity index (χ0) is 12.4. The second-order valence-electron chi connectivity index (χ2n) is 4.69. The molecular weight excluding hydrogens is 246 g/mol. The van der Waals surface area contributed by atoms with E-state index in [1.807, 2.05) is 12.1 Å². The van der Waals surface area contributed by atoms with Gasteiger partial charge in [0.15, 0.2) is 0 Å². The minimum atomic E-state index is 0.685. The van der Waals surface area contributed by atoms with Crippen molar-refractivity contribution in [1.82, 2.24) is 9.27 Å². The summed E-state index contributed by atoms with van der Waals surface area (Å²) in [6.45, 7) is 4.68. The summed E-state index contributed by atoms with van der Waals surface area (Å²) < 4.78 is 11.3. The molecule has 1 aliphatic heterocycles. The second kappa shape index (κ2) is 5.22. The summed E-state index contributed by atoms with van der Waals surface area (Å²) in [4.78, 5) is 2.37. The minimum Gasteiger partial charge on any atom is -0.475 e. The van der Waals surface area contributed by atoms with Gasteiger partial charge in [-0.05, 0) is 36.1 Å². The zero-order valence-electron chi connectivity index (χ0n) is 10.2. The molecule has 0 spiro atoms. The number of fused-ring (bicyclic) bond motifs is 1. The lowest BCUT2D eigenvalue weighted by atomic mass is 10.0. The summed E-state index contributed by atoms with van der Waals surface area (Å²) in [5, 5.41) is 1.12. The Morgan fingerprint density at radius 1 is 1.39 bits per heavy atom. The van der Waals surface area contributed by atoms with E-state index in [1.165, 1.54) is 16.2 Å². The highest BCUT2D eigenvalue weighted by molar-refractivity contribution is 7.13. The molecule has 2 aromatic rings. The van der Waals surface area contributed by atoms with E-state index in [0.29, 0.717) is 12.5 Å². The molecule has 1 saturated heterocycles. The lowest BCUT2D eigenvalue weighted by Gasteiger charge is -2.38. The van der Waals surface area contributed by atoms with E-state index in [2.05, 4.69) is 21.4 Å². The largest absolute Gasteiger partial charge is 0.475 e. The summed E-state index contributed by atoms with van der Waals surface area (Å²) in [6, 6.07) is 8.17. The number of hydrogen-bond acceptors (Lipinski definition) is 5. The van der Waals surface area contributed by atoms with Crippen LogP contribution in [-0.2, 0) is 0 Å². The van der Waals surface area contributed by atoms with Gasteiger partial charge in [0.25, 0.3) is 0 Å². The van der Waals surface area contributed by atoms with Crippen molar-refractivity contribution in [1.29, 1.82) is 0 Å². The molecule has 0 saturated carbocycles. The van der Waals surface area contributed by atoms with Crippen LogP contribution in [0.4, 0.5) is 0 Å². The third-order valence-corrected chi connectivity index (χ3v) is 4.17. The summed E-state index contributed by atoms with van der Waals surface area (Å²) in [5.41, 5.74) is 5.60. The van der Waals surface area contributed by atoms with E-state index in [4.69, 9.17) is 10.5 Å². The van der Waals surface area contributed by atoms with Crippen LogP contribution < -0.4 is 10.5 Å². The first-order valence-electron chi connectivity index (χ1n) is 6.26. The third-order valence-electron chi connectivity index (χ3n) is 3.36. The summed E-state index contributed by atoms with van der Waals surface area (Å²) in [6.07, 6.45) is 0. The van der Waals surface area contributed by atoms with E-state index in [9.17, 15) is 0 Å². The Kier molecular flexibility index (Phi) is 3.45. The van der Waals surface area contributed by atoms with Crippen molar-refractivity contribution in [3.8, 4) is 5.88 Å². The van der Waals surface area contributed by atoms with Crippen molar-refractivity contribution in [2.45, 2.75) is 0 Å². The van der Waals surface area contributed by atoms with Gasteiger partial charge in [0, 0.05) is 19.6 Å². The van der Waals surface area contributed by atoms with Gasteiger partial charge in [-0.2, -0.15) is 4.37 Å². The Bertz CT molecular complexity index is 522. The number of aromatic nitrogens is 1. The molecule has 0 radical (unpaired) electrons. The fraction of sp³-hybridized carbons (Fsp3) is 0.462. The summed E-state index contributed by atoms with van der Waals surface area (Å²) in [7, 11) is 0. The van der Waals surface area contributed by atoms with Crippen molar-refractivity contribution in [2.24, 2.45) is 11.7 Å². The molecule has 5 heteroatoms. The number of nitrogens with two attached hydrogens (primary N) is 1. The Balaban J connectivity index is 1.51. The summed E-state index contributed by atoms with van der Waals surface area (Å²) in [5.74, 6) is 1.46. The Hall–Kier alpha value is -1.17. The van der Waals surface area contributed by atoms with Crippen LogP contribution in [0.2, 0.25) is 0 Å². The van der Waals surface area contributed by atoms with Gasteiger partial charge in [-0.25, -0.2) is 0 Å². The molecule has 0 aliphatic carbocycles. The first-order chi connectivity index (χ1) is 8.86. The molecule has 0 amide bonds. The lowest BCUT2D eigenvalue weighted by Crippen LogP contribution is -2.50. The predicted molar refractivity (Wildman–Crippen MR) is 74.1 cm³/mol. The molecule has 2 N–H and O–H groups in total. The van der Waals surface area contributed by atoms with Crippen molar-refractivity contribution >= 4 is 21.6 Å². The monoisotopic (exact) mass is 263 g/mol. The van der Waals surface area contributed by atoms with Gasteiger partial charge in [0.05, 0.1) is 10.1 Å². The number of nitrogens with zero attached hydrogens (tertiary/aromatic N) is 2. The molecule has 1 fully saturated rings. The Labute approximate surface area is 111 Å². The molecule has 3 rings (SSSR count). The molecule has 1 aliphatic rings. The molecule has 1 aromatic carbocycles. The fourth-order valence-corrected chi connectivity index (χ4v) is 2.97. The SMILES string of the molecule is NCC1CN(CCOc2nsc3ccccc23)C1. The molecule has 0 bridgehead atoms. The molecule has 96 valence electrons. The number of benzene rings is 1. The van der Waals surface area contributed by atoms with Gasteiger partial charge < -0.3 is 10.5 Å². The Morgan fingerprint density at radius 2 is 2.22 bits per heavy atom. The number of rotatable bonds is 5. The highest BCUT2D eigenvalue weighted by atomic mass is 32.1. The molecule has 18 heavy (non-hydrogen) atoms. The van der Waals surface area contributed by atoms with E-state index < -0.39 is 0 Å².